The van der Waals surface area contributed by atoms with Crippen LogP contribution in [-0.2, 0) is 11.3 Å². The lowest BCUT2D eigenvalue weighted by Crippen LogP contribution is -2.30. The quantitative estimate of drug-likeness (QED) is 0.823. The average molecular weight is 348 g/mol. The molecule has 0 radical (unpaired) electrons. The summed E-state index contributed by atoms with van der Waals surface area (Å²) in [7, 11) is 1.83. The number of carbonyl (C=O) groups excluding carboxylic acids is 1. The monoisotopic (exact) mass is 348 g/mol. The molecule has 0 heterocycles. The molecule has 0 fully saturated rings. The molecular formula is C19H22F2N2O2. The zero-order valence-corrected chi connectivity index (χ0v) is 14.6. The van der Waals surface area contributed by atoms with Gasteiger partial charge in [-0.25, -0.2) is 0 Å². The number of likely N-dealkylation sites (N-methyl/N-ethyl adjacent to an activating group) is 1. The van der Waals surface area contributed by atoms with E-state index in [-0.39, 0.29) is 18.2 Å². The van der Waals surface area contributed by atoms with Gasteiger partial charge < -0.3 is 10.1 Å². The van der Waals surface area contributed by atoms with E-state index in [4.69, 9.17) is 0 Å². The third kappa shape index (κ3) is 5.83. The van der Waals surface area contributed by atoms with Gasteiger partial charge in [-0.3, -0.25) is 9.69 Å². The van der Waals surface area contributed by atoms with Crippen LogP contribution in [0.5, 0.6) is 5.75 Å². The molecule has 1 N–H and O–H groups in total. The fraction of sp³-hybridized carbons (Fsp3) is 0.316. The number of nitrogens with one attached hydrogen (secondary N) is 1. The van der Waals surface area contributed by atoms with Gasteiger partial charge in [0, 0.05) is 12.2 Å². The van der Waals surface area contributed by atoms with Crippen LogP contribution in [0.4, 0.5) is 14.5 Å². The van der Waals surface area contributed by atoms with E-state index in [0.717, 1.165) is 22.4 Å². The summed E-state index contributed by atoms with van der Waals surface area (Å²) in [4.78, 5) is 14.0. The highest BCUT2D eigenvalue weighted by Crippen LogP contribution is 2.18. The van der Waals surface area contributed by atoms with Crippen molar-refractivity contribution in [3.05, 3.63) is 59.2 Å². The molecule has 6 heteroatoms. The van der Waals surface area contributed by atoms with Crippen LogP contribution >= 0.6 is 0 Å². The third-order valence-corrected chi connectivity index (χ3v) is 3.89. The number of carbonyl (C=O) groups is 1. The van der Waals surface area contributed by atoms with Crippen molar-refractivity contribution < 1.29 is 18.3 Å². The number of rotatable bonds is 7. The molecule has 134 valence electrons. The molecule has 2 aromatic rings. The molecule has 2 rings (SSSR count). The molecule has 2 aromatic carbocycles. The van der Waals surface area contributed by atoms with E-state index in [9.17, 15) is 13.6 Å². The summed E-state index contributed by atoms with van der Waals surface area (Å²) in [6, 6.07) is 12.2. The first-order chi connectivity index (χ1) is 11.8. The maximum Gasteiger partial charge on any atom is 0.387 e. The number of hydrogen-bond donors (Lipinski definition) is 1. The highest BCUT2D eigenvalue weighted by molar-refractivity contribution is 5.93. The van der Waals surface area contributed by atoms with Gasteiger partial charge in [0.1, 0.15) is 5.75 Å². The molecule has 0 unspecified atom stereocenters. The highest BCUT2D eigenvalue weighted by Gasteiger charge is 2.10. The Balaban J connectivity index is 1.88. The first-order valence-corrected chi connectivity index (χ1v) is 7.93. The smallest absolute Gasteiger partial charge is 0.387 e. The van der Waals surface area contributed by atoms with Crippen molar-refractivity contribution in [1.29, 1.82) is 0 Å². The van der Waals surface area contributed by atoms with Crippen LogP contribution in [0.25, 0.3) is 0 Å². The fourth-order valence-electron chi connectivity index (χ4n) is 2.47. The average Bonchev–Trinajstić information content (AvgIpc) is 2.53. The van der Waals surface area contributed by atoms with Gasteiger partial charge in [-0.05, 0) is 55.8 Å². The summed E-state index contributed by atoms with van der Waals surface area (Å²) < 4.78 is 28.6. The van der Waals surface area contributed by atoms with E-state index < -0.39 is 6.61 Å². The molecule has 0 bridgehead atoms. The Morgan fingerprint density at radius 2 is 1.84 bits per heavy atom. The lowest BCUT2D eigenvalue weighted by molar-refractivity contribution is -0.117. The number of ether oxygens (including phenoxy) is 1. The standard InChI is InChI=1S/C19H22F2N2O2/c1-13-5-4-6-17(14(13)2)22-18(24)12-23(3)11-15-7-9-16(10-8-15)25-19(20)21/h4-10,19H,11-12H2,1-3H3,(H,22,24). The van der Waals surface area contributed by atoms with Gasteiger partial charge in [0.25, 0.3) is 0 Å². The number of aryl methyl sites for hydroxylation is 1. The second-order valence-electron chi connectivity index (χ2n) is 5.99. The molecule has 4 nitrogen and oxygen atoms in total. The van der Waals surface area contributed by atoms with Gasteiger partial charge in [0.05, 0.1) is 6.54 Å². The maximum absolute atomic E-state index is 12.2. The van der Waals surface area contributed by atoms with Crippen LogP contribution in [0.3, 0.4) is 0 Å². The molecule has 0 aliphatic carbocycles. The van der Waals surface area contributed by atoms with Crippen molar-refractivity contribution >= 4 is 11.6 Å². The molecule has 0 aromatic heterocycles. The molecular weight excluding hydrogens is 326 g/mol. The van der Waals surface area contributed by atoms with Crippen molar-refractivity contribution in [1.82, 2.24) is 4.90 Å². The van der Waals surface area contributed by atoms with Crippen molar-refractivity contribution in [2.45, 2.75) is 27.0 Å². The second kappa shape index (κ2) is 8.58. The topological polar surface area (TPSA) is 41.6 Å². The molecule has 0 saturated carbocycles. The lowest BCUT2D eigenvalue weighted by Gasteiger charge is -2.17. The first-order valence-electron chi connectivity index (χ1n) is 7.93. The summed E-state index contributed by atoms with van der Waals surface area (Å²) in [5.41, 5.74) is 3.89. The Morgan fingerprint density at radius 1 is 1.16 bits per heavy atom. The second-order valence-corrected chi connectivity index (χ2v) is 5.99. The van der Waals surface area contributed by atoms with Crippen molar-refractivity contribution in [3.8, 4) is 5.75 Å². The highest BCUT2D eigenvalue weighted by atomic mass is 19.3. The number of hydrogen-bond acceptors (Lipinski definition) is 3. The van der Waals surface area contributed by atoms with Gasteiger partial charge in [0.2, 0.25) is 5.91 Å². The third-order valence-electron chi connectivity index (χ3n) is 3.89. The number of alkyl halides is 2. The van der Waals surface area contributed by atoms with Crippen molar-refractivity contribution in [2.75, 3.05) is 18.9 Å². The van der Waals surface area contributed by atoms with Crippen LogP contribution in [0.15, 0.2) is 42.5 Å². The first kappa shape index (κ1) is 18.9. The molecule has 0 saturated heterocycles. The molecule has 0 atom stereocenters. The van der Waals surface area contributed by atoms with Crippen LogP contribution in [0.1, 0.15) is 16.7 Å². The Morgan fingerprint density at radius 3 is 2.48 bits per heavy atom. The minimum absolute atomic E-state index is 0.103. The SMILES string of the molecule is Cc1cccc(NC(=O)CN(C)Cc2ccc(OC(F)F)cc2)c1C. The minimum Gasteiger partial charge on any atom is -0.435 e. The zero-order valence-electron chi connectivity index (χ0n) is 14.6. The van der Waals surface area contributed by atoms with Gasteiger partial charge in [-0.1, -0.05) is 24.3 Å². The maximum atomic E-state index is 12.2. The predicted octanol–water partition coefficient (Wildman–Crippen LogP) is 3.98. The number of benzene rings is 2. The Kier molecular flexibility index (Phi) is 6.47. The molecule has 0 aliphatic heterocycles. The van der Waals surface area contributed by atoms with Crippen LogP contribution in [0, 0.1) is 13.8 Å². The van der Waals surface area contributed by atoms with Crippen molar-refractivity contribution in [3.63, 3.8) is 0 Å². The predicted molar refractivity (Wildman–Crippen MR) is 94.0 cm³/mol. The van der Waals surface area contributed by atoms with E-state index in [1.807, 2.05) is 44.0 Å². The summed E-state index contributed by atoms with van der Waals surface area (Å²) in [6.07, 6.45) is 0. The van der Waals surface area contributed by atoms with Gasteiger partial charge >= 0.3 is 6.61 Å². The Hall–Kier alpha value is -2.47. The summed E-state index contributed by atoms with van der Waals surface area (Å²) in [5, 5.41) is 2.91. The zero-order chi connectivity index (χ0) is 18.4. The Labute approximate surface area is 146 Å². The largest absolute Gasteiger partial charge is 0.435 e. The van der Waals surface area contributed by atoms with E-state index in [2.05, 4.69) is 10.1 Å². The minimum atomic E-state index is -2.83. The molecule has 1 amide bonds. The number of anilines is 1. The lowest BCUT2D eigenvalue weighted by atomic mass is 10.1. The fourth-order valence-corrected chi connectivity index (χ4v) is 2.47. The van der Waals surface area contributed by atoms with Crippen LogP contribution in [0.2, 0.25) is 0 Å². The van der Waals surface area contributed by atoms with E-state index in [0.29, 0.717) is 6.54 Å². The van der Waals surface area contributed by atoms with Crippen molar-refractivity contribution in [2.24, 2.45) is 0 Å². The van der Waals surface area contributed by atoms with E-state index in [1.54, 1.807) is 12.1 Å². The molecule has 0 spiro atoms. The van der Waals surface area contributed by atoms with E-state index >= 15 is 0 Å². The Bertz CT molecular complexity index is 718. The summed E-state index contributed by atoms with van der Waals surface area (Å²) in [5.74, 6) is 0.0166. The van der Waals surface area contributed by atoms with Crippen LogP contribution < -0.4 is 10.1 Å². The normalized spacial score (nSPS) is 11.0. The van der Waals surface area contributed by atoms with Gasteiger partial charge in [0.15, 0.2) is 0 Å². The van der Waals surface area contributed by atoms with Gasteiger partial charge in [-0.15, -0.1) is 0 Å². The number of amides is 1. The molecule has 0 aliphatic rings. The summed E-state index contributed by atoms with van der Waals surface area (Å²) >= 11 is 0. The van der Waals surface area contributed by atoms with Crippen LogP contribution in [-0.4, -0.2) is 31.0 Å². The number of nitrogens with zero attached hydrogens (tertiary/aromatic N) is 1. The molecule has 25 heavy (non-hydrogen) atoms. The number of halogens is 2. The van der Waals surface area contributed by atoms with Gasteiger partial charge in [-0.2, -0.15) is 8.78 Å². The van der Waals surface area contributed by atoms with E-state index in [1.165, 1.54) is 12.1 Å². The summed E-state index contributed by atoms with van der Waals surface area (Å²) in [6.45, 7) is 1.89.